The number of alkyl halides is 1. The molecule has 1 rings (SSSR count). The van der Waals surface area contributed by atoms with Gasteiger partial charge in [-0.3, -0.25) is 4.79 Å². The van der Waals surface area contributed by atoms with Gasteiger partial charge < -0.3 is 0 Å². The molecule has 0 bridgehead atoms. The van der Waals surface area contributed by atoms with Gasteiger partial charge in [0.25, 0.3) is 0 Å². The van der Waals surface area contributed by atoms with Gasteiger partial charge in [-0.1, -0.05) is 28.1 Å². The maximum Gasteiger partial charge on any atom is 0.239 e. The highest BCUT2D eigenvalue weighted by Gasteiger charge is 2.14. The van der Waals surface area contributed by atoms with Gasteiger partial charge in [-0.25, -0.2) is 0 Å². The number of rotatable bonds is 2. The first-order valence-electron chi connectivity index (χ1n) is 3.48. The first-order valence-corrected chi connectivity index (χ1v) is 4.78. The number of benzene rings is 1. The molecule has 66 valence electrons. The molecule has 0 fully saturated rings. The SMILES string of the molecule is N#Cc1cccc(C(Br)C(=O)Cl)c1. The van der Waals surface area contributed by atoms with Crippen LogP contribution >= 0.6 is 27.5 Å². The van der Waals surface area contributed by atoms with Gasteiger partial charge in [0.2, 0.25) is 5.24 Å². The van der Waals surface area contributed by atoms with E-state index in [0.717, 1.165) is 0 Å². The molecule has 2 nitrogen and oxygen atoms in total. The second-order valence-corrected chi connectivity index (χ2v) is 3.69. The summed E-state index contributed by atoms with van der Waals surface area (Å²) in [4.78, 5) is 10.2. The maximum atomic E-state index is 10.8. The molecular weight excluding hydrogens is 253 g/mol. The summed E-state index contributed by atoms with van der Waals surface area (Å²) < 4.78 is 0. The van der Waals surface area contributed by atoms with Gasteiger partial charge in [0.1, 0.15) is 4.83 Å². The van der Waals surface area contributed by atoms with Crippen LogP contribution in [0, 0.1) is 11.3 Å². The lowest BCUT2D eigenvalue weighted by molar-refractivity contribution is -0.111. The first kappa shape index (κ1) is 10.2. The monoisotopic (exact) mass is 257 g/mol. The standard InChI is InChI=1S/C9H5BrClNO/c10-8(9(11)13)7-3-1-2-6(4-7)5-12/h1-4,8H. The zero-order chi connectivity index (χ0) is 9.84. The van der Waals surface area contributed by atoms with Gasteiger partial charge in [0.15, 0.2) is 0 Å². The third-order valence-corrected chi connectivity index (χ3v) is 2.93. The van der Waals surface area contributed by atoms with Gasteiger partial charge in [0.05, 0.1) is 11.6 Å². The molecule has 0 N–H and O–H groups in total. The van der Waals surface area contributed by atoms with Crippen LogP contribution < -0.4 is 0 Å². The Morgan fingerprint density at radius 2 is 2.31 bits per heavy atom. The highest BCUT2D eigenvalue weighted by molar-refractivity contribution is 9.09. The van der Waals surface area contributed by atoms with Crippen molar-refractivity contribution in [3.05, 3.63) is 35.4 Å². The molecular formula is C9H5BrClNO. The molecule has 0 aliphatic rings. The Labute approximate surface area is 89.3 Å². The third-order valence-electron chi connectivity index (χ3n) is 1.51. The lowest BCUT2D eigenvalue weighted by atomic mass is 10.1. The summed E-state index contributed by atoms with van der Waals surface area (Å²) in [5.41, 5.74) is 1.21. The second kappa shape index (κ2) is 4.40. The summed E-state index contributed by atoms with van der Waals surface area (Å²) in [6, 6.07) is 8.73. The van der Waals surface area contributed by atoms with Crippen LogP contribution in [0.5, 0.6) is 0 Å². The van der Waals surface area contributed by atoms with E-state index in [1.54, 1.807) is 24.3 Å². The maximum absolute atomic E-state index is 10.8. The summed E-state index contributed by atoms with van der Waals surface area (Å²) in [5, 5.41) is 8.11. The summed E-state index contributed by atoms with van der Waals surface area (Å²) >= 11 is 8.41. The van der Waals surface area contributed by atoms with Gasteiger partial charge in [0, 0.05) is 0 Å². The predicted molar refractivity (Wildman–Crippen MR) is 53.7 cm³/mol. The first-order chi connectivity index (χ1) is 6.15. The molecule has 0 saturated heterocycles. The van der Waals surface area contributed by atoms with Gasteiger partial charge in [-0.15, -0.1) is 0 Å². The number of nitriles is 1. The number of nitrogens with zero attached hydrogens (tertiary/aromatic N) is 1. The topological polar surface area (TPSA) is 40.9 Å². The van der Waals surface area contributed by atoms with Crippen molar-refractivity contribution in [1.29, 1.82) is 5.26 Å². The Morgan fingerprint density at radius 1 is 1.62 bits per heavy atom. The summed E-state index contributed by atoms with van der Waals surface area (Å²) in [6.07, 6.45) is 0. The van der Waals surface area contributed by atoms with Crippen molar-refractivity contribution in [2.75, 3.05) is 0 Å². The average molecular weight is 259 g/mol. The molecule has 1 aromatic rings. The number of halogens is 2. The van der Waals surface area contributed by atoms with Crippen LogP contribution in [0.25, 0.3) is 0 Å². The number of carbonyl (C=O) groups excluding carboxylic acids is 1. The van der Waals surface area contributed by atoms with Crippen molar-refractivity contribution in [2.45, 2.75) is 4.83 Å². The quantitative estimate of drug-likeness (QED) is 0.604. The fourth-order valence-corrected chi connectivity index (χ4v) is 1.31. The Balaban J connectivity index is 3.03. The van der Waals surface area contributed by atoms with E-state index < -0.39 is 10.1 Å². The molecule has 0 saturated carbocycles. The number of carbonyl (C=O) groups is 1. The lowest BCUT2D eigenvalue weighted by Crippen LogP contribution is -1.98. The predicted octanol–water partition coefficient (Wildman–Crippen LogP) is 2.76. The smallest absolute Gasteiger partial charge is 0.239 e. The number of hydrogen-bond donors (Lipinski definition) is 0. The zero-order valence-electron chi connectivity index (χ0n) is 6.50. The minimum atomic E-state index is -0.539. The largest absolute Gasteiger partial charge is 0.280 e. The van der Waals surface area contributed by atoms with Crippen molar-refractivity contribution in [1.82, 2.24) is 0 Å². The summed E-state index contributed by atoms with van der Waals surface area (Å²) in [6.45, 7) is 0. The molecule has 4 heteroatoms. The van der Waals surface area contributed by atoms with Gasteiger partial charge in [-0.2, -0.15) is 5.26 Å². The van der Waals surface area contributed by atoms with Gasteiger partial charge >= 0.3 is 0 Å². The van der Waals surface area contributed by atoms with Crippen LogP contribution in [-0.4, -0.2) is 5.24 Å². The van der Waals surface area contributed by atoms with E-state index in [2.05, 4.69) is 15.9 Å². The van der Waals surface area contributed by atoms with Crippen LogP contribution in [0.4, 0.5) is 0 Å². The van der Waals surface area contributed by atoms with E-state index in [9.17, 15) is 4.79 Å². The van der Waals surface area contributed by atoms with Crippen LogP contribution in [-0.2, 0) is 4.79 Å². The minimum Gasteiger partial charge on any atom is -0.280 e. The fourth-order valence-electron chi connectivity index (χ4n) is 0.897. The van der Waals surface area contributed by atoms with Crippen LogP contribution in [0.1, 0.15) is 16.0 Å². The molecule has 0 aromatic heterocycles. The van der Waals surface area contributed by atoms with E-state index in [4.69, 9.17) is 16.9 Å². The highest BCUT2D eigenvalue weighted by atomic mass is 79.9. The van der Waals surface area contributed by atoms with E-state index >= 15 is 0 Å². The number of hydrogen-bond acceptors (Lipinski definition) is 2. The molecule has 0 spiro atoms. The molecule has 13 heavy (non-hydrogen) atoms. The van der Waals surface area contributed by atoms with Crippen molar-refractivity contribution < 1.29 is 4.79 Å². The van der Waals surface area contributed by atoms with Crippen molar-refractivity contribution in [2.24, 2.45) is 0 Å². The second-order valence-electron chi connectivity index (χ2n) is 2.40. The van der Waals surface area contributed by atoms with E-state index in [0.29, 0.717) is 11.1 Å². The van der Waals surface area contributed by atoms with Crippen LogP contribution in [0.2, 0.25) is 0 Å². The fraction of sp³-hybridized carbons (Fsp3) is 0.111. The Bertz CT molecular complexity index is 372. The average Bonchev–Trinajstić information content (AvgIpc) is 2.16. The molecule has 0 amide bonds. The molecule has 1 aromatic carbocycles. The molecule has 0 aliphatic heterocycles. The molecule has 0 radical (unpaired) electrons. The van der Waals surface area contributed by atoms with Crippen molar-refractivity contribution in [3.63, 3.8) is 0 Å². The minimum absolute atomic E-state index is 0.491. The zero-order valence-corrected chi connectivity index (χ0v) is 8.84. The lowest BCUT2D eigenvalue weighted by Gasteiger charge is -2.03. The van der Waals surface area contributed by atoms with Crippen molar-refractivity contribution in [3.8, 4) is 6.07 Å². The molecule has 0 heterocycles. The van der Waals surface area contributed by atoms with Gasteiger partial charge in [-0.05, 0) is 29.3 Å². The van der Waals surface area contributed by atoms with E-state index in [-0.39, 0.29) is 0 Å². The Kier molecular flexibility index (Phi) is 3.47. The van der Waals surface area contributed by atoms with Crippen LogP contribution in [0.3, 0.4) is 0 Å². The van der Waals surface area contributed by atoms with Crippen molar-refractivity contribution >= 4 is 32.8 Å². The van der Waals surface area contributed by atoms with Crippen LogP contribution in [0.15, 0.2) is 24.3 Å². The third kappa shape index (κ3) is 2.55. The highest BCUT2D eigenvalue weighted by Crippen LogP contribution is 2.25. The van der Waals surface area contributed by atoms with E-state index in [1.165, 1.54) is 0 Å². The molecule has 1 atom stereocenters. The normalized spacial score (nSPS) is 11.8. The summed E-state index contributed by atoms with van der Waals surface area (Å²) in [5.74, 6) is 0. The molecule has 1 unspecified atom stereocenters. The van der Waals surface area contributed by atoms with E-state index in [1.807, 2.05) is 6.07 Å². The summed E-state index contributed by atoms with van der Waals surface area (Å²) in [7, 11) is 0. The Hall–Kier alpha value is -0.850. The molecule has 0 aliphatic carbocycles. The Morgan fingerprint density at radius 3 is 2.85 bits per heavy atom.